The molecule has 1 amide bonds. The lowest BCUT2D eigenvalue weighted by Crippen LogP contribution is -2.27. The summed E-state index contributed by atoms with van der Waals surface area (Å²) in [5, 5.41) is 17.8. The van der Waals surface area contributed by atoms with E-state index in [1.807, 2.05) is 35.0 Å². The second kappa shape index (κ2) is 9.30. The maximum Gasteiger partial charge on any atom is 0.286 e. The number of aromatic nitrogens is 2. The molecule has 1 N–H and O–H groups in total. The number of pyridine rings is 1. The van der Waals surface area contributed by atoms with Crippen molar-refractivity contribution in [3.05, 3.63) is 76.0 Å². The van der Waals surface area contributed by atoms with Gasteiger partial charge in [-0.2, -0.15) is 5.10 Å². The van der Waals surface area contributed by atoms with E-state index in [0.29, 0.717) is 12.5 Å². The SMILES string of the molecule is CC(C)(O)c1nn2ccccc2c1CCN1CCC[C@H]1c1ccc(CCC(=O)N=O)cc1. The standard InChI is InChI=1S/C25H30N4O3/c1-25(2,31)24-20(22-6-3-4-16-29(22)26-24)14-17-28-15-5-7-21(28)19-11-8-18(9-12-19)10-13-23(30)27-32/h3-4,6,8-9,11-12,16,21,31H,5,7,10,13-15,17H2,1-2H3/t21-/m0/s1. The van der Waals surface area contributed by atoms with Gasteiger partial charge in [0.2, 0.25) is 0 Å². The molecule has 0 radical (unpaired) electrons. The normalized spacial score (nSPS) is 17.2. The Morgan fingerprint density at radius 2 is 1.97 bits per heavy atom. The molecule has 7 heteroatoms. The molecule has 0 saturated carbocycles. The highest BCUT2D eigenvalue weighted by atomic mass is 16.3. The van der Waals surface area contributed by atoms with Crippen molar-refractivity contribution in [1.82, 2.24) is 14.5 Å². The third-order valence-corrected chi connectivity index (χ3v) is 6.33. The van der Waals surface area contributed by atoms with Crippen molar-refractivity contribution in [2.24, 2.45) is 5.18 Å². The number of aryl methyl sites for hydroxylation is 1. The molecule has 3 aromatic rings. The minimum absolute atomic E-state index is 0.154. The lowest BCUT2D eigenvalue weighted by atomic mass is 9.97. The summed E-state index contributed by atoms with van der Waals surface area (Å²) in [6.07, 6.45) is 5.70. The highest BCUT2D eigenvalue weighted by molar-refractivity contribution is 5.76. The van der Waals surface area contributed by atoms with Crippen LogP contribution >= 0.6 is 0 Å². The Labute approximate surface area is 188 Å². The molecule has 1 aromatic carbocycles. The number of benzene rings is 1. The smallest absolute Gasteiger partial charge is 0.286 e. The third kappa shape index (κ3) is 4.79. The molecule has 0 aliphatic carbocycles. The molecule has 2 aromatic heterocycles. The minimum atomic E-state index is -0.998. The maximum absolute atomic E-state index is 11.1. The van der Waals surface area contributed by atoms with Crippen LogP contribution in [-0.2, 0) is 23.2 Å². The summed E-state index contributed by atoms with van der Waals surface area (Å²) in [6.45, 7) is 5.52. The Bertz CT molecular complexity index is 1100. The number of carbonyl (C=O) groups is 1. The van der Waals surface area contributed by atoms with Crippen LogP contribution in [0.4, 0.5) is 0 Å². The van der Waals surface area contributed by atoms with Gasteiger partial charge in [-0.15, -0.1) is 4.91 Å². The monoisotopic (exact) mass is 434 g/mol. The van der Waals surface area contributed by atoms with Gasteiger partial charge in [0.05, 0.1) is 11.2 Å². The summed E-state index contributed by atoms with van der Waals surface area (Å²) < 4.78 is 1.85. The second-order valence-electron chi connectivity index (χ2n) is 9.09. The van der Waals surface area contributed by atoms with Gasteiger partial charge in [-0.1, -0.05) is 30.3 Å². The molecule has 1 aliphatic rings. The summed E-state index contributed by atoms with van der Waals surface area (Å²) in [4.78, 5) is 23.9. The Morgan fingerprint density at radius 3 is 2.69 bits per heavy atom. The van der Waals surface area contributed by atoms with E-state index in [2.05, 4.69) is 33.4 Å². The molecule has 1 atom stereocenters. The number of nitroso groups, excluding NO2 is 1. The van der Waals surface area contributed by atoms with Crippen molar-refractivity contribution < 1.29 is 9.90 Å². The highest BCUT2D eigenvalue weighted by Crippen LogP contribution is 2.33. The molecule has 1 fully saturated rings. The van der Waals surface area contributed by atoms with Gasteiger partial charge in [-0.3, -0.25) is 9.69 Å². The van der Waals surface area contributed by atoms with Crippen LogP contribution in [0.5, 0.6) is 0 Å². The first-order valence-corrected chi connectivity index (χ1v) is 11.2. The van der Waals surface area contributed by atoms with Crippen molar-refractivity contribution in [2.75, 3.05) is 13.1 Å². The average Bonchev–Trinajstić information content (AvgIpc) is 3.40. The Morgan fingerprint density at radius 1 is 1.19 bits per heavy atom. The first-order chi connectivity index (χ1) is 15.4. The molecule has 0 unspecified atom stereocenters. The molecule has 0 bridgehead atoms. The van der Waals surface area contributed by atoms with E-state index in [1.165, 1.54) is 5.56 Å². The molecule has 168 valence electrons. The fourth-order valence-corrected chi connectivity index (χ4v) is 4.72. The molecule has 32 heavy (non-hydrogen) atoms. The quantitative estimate of drug-likeness (QED) is 0.538. The van der Waals surface area contributed by atoms with Crippen molar-refractivity contribution >= 4 is 11.4 Å². The number of likely N-dealkylation sites (tertiary alicyclic amines) is 1. The van der Waals surface area contributed by atoms with Crippen molar-refractivity contribution in [3.63, 3.8) is 0 Å². The highest BCUT2D eigenvalue weighted by Gasteiger charge is 2.29. The Hall–Kier alpha value is -2.90. The molecule has 1 saturated heterocycles. The number of nitrogens with zero attached hydrogens (tertiary/aromatic N) is 4. The topological polar surface area (TPSA) is 87.3 Å². The average molecular weight is 435 g/mol. The van der Waals surface area contributed by atoms with Gasteiger partial charge in [0.1, 0.15) is 5.60 Å². The van der Waals surface area contributed by atoms with Crippen LogP contribution in [0.1, 0.15) is 61.5 Å². The zero-order valence-corrected chi connectivity index (χ0v) is 18.7. The van der Waals surface area contributed by atoms with Crippen LogP contribution in [0.3, 0.4) is 0 Å². The fraction of sp³-hybridized carbons (Fsp3) is 0.440. The molecule has 4 rings (SSSR count). The predicted octanol–water partition coefficient (Wildman–Crippen LogP) is 4.17. The van der Waals surface area contributed by atoms with E-state index in [9.17, 15) is 14.8 Å². The zero-order valence-electron chi connectivity index (χ0n) is 18.7. The Kier molecular flexibility index (Phi) is 6.48. The van der Waals surface area contributed by atoms with Gasteiger partial charge in [0, 0.05) is 35.9 Å². The van der Waals surface area contributed by atoms with Crippen LogP contribution in [0.2, 0.25) is 0 Å². The first-order valence-electron chi connectivity index (χ1n) is 11.2. The molecule has 0 spiro atoms. The summed E-state index contributed by atoms with van der Waals surface area (Å²) >= 11 is 0. The number of rotatable bonds is 8. The van der Waals surface area contributed by atoms with E-state index < -0.39 is 11.5 Å². The summed E-state index contributed by atoms with van der Waals surface area (Å²) in [5.41, 5.74) is 4.20. The predicted molar refractivity (Wildman–Crippen MR) is 123 cm³/mol. The van der Waals surface area contributed by atoms with E-state index >= 15 is 0 Å². The van der Waals surface area contributed by atoms with Gasteiger partial charge in [-0.05, 0) is 69.3 Å². The lowest BCUT2D eigenvalue weighted by Gasteiger charge is -2.25. The zero-order chi connectivity index (χ0) is 22.7. The summed E-state index contributed by atoms with van der Waals surface area (Å²) in [7, 11) is 0. The van der Waals surface area contributed by atoms with Crippen LogP contribution in [-0.4, -0.2) is 38.6 Å². The van der Waals surface area contributed by atoms with E-state index in [4.69, 9.17) is 0 Å². The van der Waals surface area contributed by atoms with E-state index in [1.54, 1.807) is 13.8 Å². The van der Waals surface area contributed by atoms with E-state index in [0.717, 1.165) is 54.7 Å². The van der Waals surface area contributed by atoms with Crippen LogP contribution in [0.25, 0.3) is 5.52 Å². The number of hydrogen-bond donors (Lipinski definition) is 1. The first kappa shape index (κ1) is 22.3. The number of hydrogen-bond acceptors (Lipinski definition) is 5. The lowest BCUT2D eigenvalue weighted by molar-refractivity contribution is -0.117. The van der Waals surface area contributed by atoms with Gasteiger partial charge >= 0.3 is 0 Å². The molecular formula is C25H30N4O3. The van der Waals surface area contributed by atoms with Gasteiger partial charge in [-0.25, -0.2) is 4.52 Å². The van der Waals surface area contributed by atoms with Crippen LogP contribution in [0.15, 0.2) is 53.8 Å². The Balaban J connectivity index is 1.47. The molecule has 7 nitrogen and oxygen atoms in total. The van der Waals surface area contributed by atoms with Crippen molar-refractivity contribution in [2.45, 2.75) is 57.6 Å². The maximum atomic E-state index is 11.1. The number of aliphatic hydroxyl groups is 1. The van der Waals surface area contributed by atoms with Gasteiger partial charge < -0.3 is 5.11 Å². The number of amides is 1. The van der Waals surface area contributed by atoms with Crippen LogP contribution < -0.4 is 0 Å². The molecular weight excluding hydrogens is 404 g/mol. The summed E-state index contributed by atoms with van der Waals surface area (Å²) in [5.74, 6) is -0.603. The minimum Gasteiger partial charge on any atom is -0.384 e. The van der Waals surface area contributed by atoms with E-state index in [-0.39, 0.29) is 6.42 Å². The van der Waals surface area contributed by atoms with Crippen molar-refractivity contribution in [3.8, 4) is 0 Å². The summed E-state index contributed by atoms with van der Waals surface area (Å²) in [6, 6.07) is 14.7. The van der Waals surface area contributed by atoms with Gasteiger partial charge in [0.25, 0.3) is 5.91 Å². The van der Waals surface area contributed by atoms with Crippen molar-refractivity contribution in [1.29, 1.82) is 0 Å². The largest absolute Gasteiger partial charge is 0.384 e. The molecule has 3 heterocycles. The second-order valence-corrected chi connectivity index (χ2v) is 9.09. The van der Waals surface area contributed by atoms with Gasteiger partial charge in [0.15, 0.2) is 0 Å². The van der Waals surface area contributed by atoms with Crippen LogP contribution in [0, 0.1) is 4.91 Å². The number of carbonyl (C=O) groups excluding carboxylic acids is 1. The number of fused-ring (bicyclic) bond motifs is 1. The third-order valence-electron chi connectivity index (χ3n) is 6.33. The fourth-order valence-electron chi connectivity index (χ4n) is 4.72. The molecule has 1 aliphatic heterocycles.